The largest absolute Gasteiger partial charge is 0.435 e. The molecule has 0 aliphatic carbocycles. The Hall–Kier alpha value is -2.20. The molecule has 0 aromatic heterocycles. The first kappa shape index (κ1) is 17.2. The van der Waals surface area contributed by atoms with Crippen LogP contribution in [0.1, 0.15) is 29.3 Å². The average molecular weight is 337 g/mol. The van der Waals surface area contributed by atoms with Gasteiger partial charge >= 0.3 is 6.61 Å². The fourth-order valence-corrected chi connectivity index (χ4v) is 2.24. The summed E-state index contributed by atoms with van der Waals surface area (Å²) >= 11 is 5.83. The van der Waals surface area contributed by atoms with Crippen molar-refractivity contribution in [1.29, 1.82) is 0 Å². The number of carbonyl (C=O) groups is 1. The van der Waals surface area contributed by atoms with Crippen LogP contribution in [0.4, 0.5) is 8.78 Å². The Balaban J connectivity index is 2.29. The van der Waals surface area contributed by atoms with Crippen molar-refractivity contribution in [1.82, 2.24) is 0 Å². The van der Waals surface area contributed by atoms with Crippen LogP contribution >= 0.6 is 11.6 Å². The minimum Gasteiger partial charge on any atom is -0.435 e. The van der Waals surface area contributed by atoms with Crippen molar-refractivity contribution >= 4 is 23.0 Å². The summed E-state index contributed by atoms with van der Waals surface area (Å²) in [5.41, 5.74) is 1.67. The molecule has 2 nitrogen and oxygen atoms in total. The normalized spacial score (nSPS) is 11.6. The number of alkyl halides is 2. The molecule has 0 bridgehead atoms. The zero-order valence-electron chi connectivity index (χ0n) is 12.4. The maximum atomic E-state index is 12.6. The van der Waals surface area contributed by atoms with E-state index >= 15 is 0 Å². The third-order valence-corrected chi connectivity index (χ3v) is 3.40. The molecule has 5 heteroatoms. The van der Waals surface area contributed by atoms with Crippen molar-refractivity contribution < 1.29 is 18.3 Å². The first-order chi connectivity index (χ1) is 11.0. The van der Waals surface area contributed by atoms with Gasteiger partial charge in [-0.15, -0.1) is 0 Å². The van der Waals surface area contributed by atoms with Crippen LogP contribution in [0, 0.1) is 0 Å². The number of Topliss-reactive ketones (excluding diaryl/α,β-unsaturated/α-hetero) is 1. The van der Waals surface area contributed by atoms with Crippen LogP contribution in [0.25, 0.3) is 5.57 Å². The Kier molecular flexibility index (Phi) is 5.88. The van der Waals surface area contributed by atoms with E-state index in [4.69, 9.17) is 11.6 Å². The highest BCUT2D eigenvalue weighted by atomic mass is 35.5. The lowest BCUT2D eigenvalue weighted by Crippen LogP contribution is -2.04. The fourth-order valence-electron chi connectivity index (χ4n) is 2.12. The van der Waals surface area contributed by atoms with Gasteiger partial charge in [-0.25, -0.2) is 0 Å². The number of benzene rings is 2. The van der Waals surface area contributed by atoms with Gasteiger partial charge in [-0.1, -0.05) is 36.7 Å². The van der Waals surface area contributed by atoms with E-state index in [0.717, 1.165) is 0 Å². The van der Waals surface area contributed by atoms with Crippen LogP contribution in [-0.2, 0) is 0 Å². The van der Waals surface area contributed by atoms with Crippen molar-refractivity contribution in [2.24, 2.45) is 0 Å². The molecule has 0 atom stereocenters. The summed E-state index contributed by atoms with van der Waals surface area (Å²) in [6.45, 7) is -0.953. The van der Waals surface area contributed by atoms with E-state index in [1.807, 2.05) is 6.92 Å². The van der Waals surface area contributed by atoms with Gasteiger partial charge in [0.25, 0.3) is 0 Å². The second kappa shape index (κ2) is 7.88. The Morgan fingerprint density at radius 1 is 1.09 bits per heavy atom. The van der Waals surface area contributed by atoms with E-state index in [0.29, 0.717) is 28.1 Å². The first-order valence-corrected chi connectivity index (χ1v) is 7.44. The first-order valence-electron chi connectivity index (χ1n) is 7.07. The summed E-state index contributed by atoms with van der Waals surface area (Å²) in [6.07, 6.45) is 2.48. The monoisotopic (exact) mass is 336 g/mol. The Labute approximate surface area is 138 Å². The molecule has 0 unspecified atom stereocenters. The molecule has 0 N–H and O–H groups in total. The van der Waals surface area contributed by atoms with E-state index in [1.165, 1.54) is 12.1 Å². The molecule has 0 spiro atoms. The molecule has 0 fully saturated rings. The molecule has 2 aromatic rings. The predicted molar refractivity (Wildman–Crippen MR) is 87.1 cm³/mol. The smallest absolute Gasteiger partial charge is 0.387 e. The number of ether oxygens (including phenoxy) is 1. The maximum Gasteiger partial charge on any atom is 0.387 e. The highest BCUT2D eigenvalue weighted by Crippen LogP contribution is 2.24. The molecular formula is C18H15ClF2O2. The van der Waals surface area contributed by atoms with Crippen molar-refractivity contribution in [3.05, 3.63) is 70.8 Å². The van der Waals surface area contributed by atoms with Crippen LogP contribution in [0.3, 0.4) is 0 Å². The van der Waals surface area contributed by atoms with Crippen molar-refractivity contribution in [3.8, 4) is 5.75 Å². The van der Waals surface area contributed by atoms with Gasteiger partial charge < -0.3 is 4.74 Å². The maximum absolute atomic E-state index is 12.6. The summed E-state index contributed by atoms with van der Waals surface area (Å²) < 4.78 is 28.7. The number of rotatable bonds is 6. The summed E-state index contributed by atoms with van der Waals surface area (Å²) in [6, 6.07) is 12.6. The van der Waals surface area contributed by atoms with E-state index in [1.54, 1.807) is 42.5 Å². The lowest BCUT2D eigenvalue weighted by Gasteiger charge is -2.09. The molecule has 2 aromatic carbocycles. The van der Waals surface area contributed by atoms with Gasteiger partial charge in [0.1, 0.15) is 5.75 Å². The molecule has 23 heavy (non-hydrogen) atoms. The van der Waals surface area contributed by atoms with E-state index in [2.05, 4.69) is 4.74 Å². The van der Waals surface area contributed by atoms with E-state index < -0.39 is 6.61 Å². The number of ketones is 1. The summed E-state index contributed by atoms with van der Waals surface area (Å²) in [5.74, 6) is -0.0930. The summed E-state index contributed by atoms with van der Waals surface area (Å²) in [7, 11) is 0. The number of carbonyl (C=O) groups excluding carboxylic acids is 1. The summed E-state index contributed by atoms with van der Waals surface area (Å²) in [4.78, 5) is 12.6. The van der Waals surface area contributed by atoms with Gasteiger partial charge in [0.15, 0.2) is 5.78 Å². The fraction of sp³-hybridized carbons (Fsp3) is 0.167. The Morgan fingerprint density at radius 3 is 2.17 bits per heavy atom. The number of halogens is 3. The van der Waals surface area contributed by atoms with Crippen LogP contribution in [0.5, 0.6) is 5.75 Å². The van der Waals surface area contributed by atoms with Gasteiger partial charge in [-0.2, -0.15) is 8.78 Å². The third kappa shape index (κ3) is 4.63. The van der Waals surface area contributed by atoms with E-state index in [9.17, 15) is 13.6 Å². The number of hydrogen-bond donors (Lipinski definition) is 0. The lowest BCUT2D eigenvalue weighted by molar-refractivity contribution is -0.0498. The minimum absolute atomic E-state index is 0.0542. The van der Waals surface area contributed by atoms with E-state index in [-0.39, 0.29) is 11.5 Å². The summed E-state index contributed by atoms with van der Waals surface area (Å²) in [5, 5.41) is 0.552. The topological polar surface area (TPSA) is 26.3 Å². The molecule has 0 saturated carbocycles. The zero-order valence-corrected chi connectivity index (χ0v) is 13.2. The molecule has 0 radical (unpaired) electrons. The predicted octanol–water partition coefficient (Wildman–Crippen LogP) is 5.62. The molecule has 0 aliphatic rings. The van der Waals surface area contributed by atoms with Gasteiger partial charge in [-0.05, 0) is 48.4 Å². The zero-order chi connectivity index (χ0) is 16.8. The molecule has 0 heterocycles. The Morgan fingerprint density at radius 2 is 1.65 bits per heavy atom. The van der Waals surface area contributed by atoms with Crippen LogP contribution < -0.4 is 4.74 Å². The SMILES string of the molecule is CCC=C(C(=O)c1ccc(Cl)cc1)c1ccc(OC(F)F)cc1. The van der Waals surface area contributed by atoms with Gasteiger partial charge in [0, 0.05) is 16.2 Å². The lowest BCUT2D eigenvalue weighted by atomic mass is 9.96. The second-order valence-corrected chi connectivity index (χ2v) is 5.20. The van der Waals surface area contributed by atoms with Crippen molar-refractivity contribution in [2.45, 2.75) is 20.0 Å². The van der Waals surface area contributed by atoms with Crippen LogP contribution in [0.15, 0.2) is 54.6 Å². The molecule has 120 valence electrons. The van der Waals surface area contributed by atoms with Gasteiger partial charge in [0.2, 0.25) is 0 Å². The van der Waals surface area contributed by atoms with Crippen molar-refractivity contribution in [3.63, 3.8) is 0 Å². The molecule has 2 rings (SSSR count). The molecule has 0 saturated heterocycles. The minimum atomic E-state index is -2.87. The highest BCUT2D eigenvalue weighted by molar-refractivity contribution is 6.31. The van der Waals surface area contributed by atoms with Crippen LogP contribution in [0.2, 0.25) is 5.02 Å². The van der Waals surface area contributed by atoms with Gasteiger partial charge in [-0.3, -0.25) is 4.79 Å². The average Bonchev–Trinajstić information content (AvgIpc) is 2.53. The molecule has 0 amide bonds. The third-order valence-electron chi connectivity index (χ3n) is 3.15. The van der Waals surface area contributed by atoms with Gasteiger partial charge in [0.05, 0.1) is 0 Å². The standard InChI is InChI=1S/C18H15ClF2O2/c1-2-3-16(17(22)13-4-8-14(19)9-5-13)12-6-10-15(11-7-12)23-18(20)21/h3-11,18H,2H2,1H3. The second-order valence-electron chi connectivity index (χ2n) is 4.76. The number of allylic oxidation sites excluding steroid dienone is 2. The van der Waals surface area contributed by atoms with Crippen LogP contribution in [-0.4, -0.2) is 12.4 Å². The molecule has 0 aliphatic heterocycles. The Bertz CT molecular complexity index is 692. The van der Waals surface area contributed by atoms with Crippen molar-refractivity contribution in [2.75, 3.05) is 0 Å². The highest BCUT2D eigenvalue weighted by Gasteiger charge is 2.14. The number of hydrogen-bond acceptors (Lipinski definition) is 2. The quantitative estimate of drug-likeness (QED) is 0.505. The molecular weight excluding hydrogens is 322 g/mol.